The Balaban J connectivity index is 1.47. The fourth-order valence-corrected chi connectivity index (χ4v) is 5.32. The first kappa shape index (κ1) is 23.5. The second-order valence-corrected chi connectivity index (χ2v) is 9.53. The molecule has 2 aliphatic rings. The number of thiocarbonyl (C=S) groups is 1. The van der Waals surface area contributed by atoms with Crippen molar-refractivity contribution in [1.82, 2.24) is 4.90 Å². The van der Waals surface area contributed by atoms with Crippen LogP contribution >= 0.6 is 24.0 Å². The highest BCUT2D eigenvalue weighted by atomic mass is 32.2. The first-order valence-corrected chi connectivity index (χ1v) is 12.0. The van der Waals surface area contributed by atoms with Gasteiger partial charge in [0.1, 0.15) is 4.32 Å². The van der Waals surface area contributed by atoms with Crippen molar-refractivity contribution in [2.45, 2.75) is 57.8 Å². The van der Waals surface area contributed by atoms with Crippen LogP contribution in [-0.2, 0) is 14.4 Å². The molecule has 1 fully saturated rings. The number of carboxylic acids is 1. The Labute approximate surface area is 192 Å². The van der Waals surface area contributed by atoms with E-state index in [0.29, 0.717) is 21.3 Å². The third kappa shape index (κ3) is 5.54. The van der Waals surface area contributed by atoms with Crippen molar-refractivity contribution in [3.05, 3.63) is 34.7 Å². The van der Waals surface area contributed by atoms with E-state index < -0.39 is 5.97 Å². The van der Waals surface area contributed by atoms with Crippen LogP contribution in [-0.4, -0.2) is 45.7 Å². The summed E-state index contributed by atoms with van der Waals surface area (Å²) in [7, 11) is 1.72. The molecule has 2 amide bonds. The van der Waals surface area contributed by atoms with Gasteiger partial charge in [-0.25, -0.2) is 0 Å². The average molecular weight is 461 g/mol. The lowest BCUT2D eigenvalue weighted by atomic mass is 10.1. The van der Waals surface area contributed by atoms with Crippen molar-refractivity contribution < 1.29 is 19.5 Å². The van der Waals surface area contributed by atoms with Gasteiger partial charge in [0.2, 0.25) is 0 Å². The molecular weight excluding hydrogens is 432 g/mol. The molecule has 0 unspecified atom stereocenters. The number of unbranched alkanes of at least 4 members (excludes halogenated alkanes) is 7. The maximum Gasteiger partial charge on any atom is 0.303 e. The van der Waals surface area contributed by atoms with Gasteiger partial charge in [-0.2, -0.15) is 0 Å². The molecule has 0 radical (unpaired) electrons. The number of hydrogen-bond acceptors (Lipinski definition) is 5. The Morgan fingerprint density at radius 3 is 2.26 bits per heavy atom. The van der Waals surface area contributed by atoms with Crippen molar-refractivity contribution in [2.75, 3.05) is 18.5 Å². The highest BCUT2D eigenvalue weighted by molar-refractivity contribution is 8.26. The first-order valence-electron chi connectivity index (χ1n) is 10.8. The lowest BCUT2D eigenvalue weighted by Crippen LogP contribution is -2.29. The number of para-hydroxylation sites is 1. The maximum absolute atomic E-state index is 13.0. The van der Waals surface area contributed by atoms with Gasteiger partial charge in [-0.3, -0.25) is 19.3 Å². The summed E-state index contributed by atoms with van der Waals surface area (Å²) in [5, 5.41) is 8.63. The Bertz CT molecular complexity index is 913. The Hall–Kier alpha value is -2.19. The molecule has 0 aromatic heterocycles. The van der Waals surface area contributed by atoms with Gasteiger partial charge in [0.25, 0.3) is 11.8 Å². The predicted octanol–water partition coefficient (Wildman–Crippen LogP) is 4.83. The number of carbonyl (C=O) groups is 3. The van der Waals surface area contributed by atoms with Crippen molar-refractivity contribution in [1.29, 1.82) is 0 Å². The van der Waals surface area contributed by atoms with Crippen LogP contribution in [0.3, 0.4) is 0 Å². The smallest absolute Gasteiger partial charge is 0.303 e. The van der Waals surface area contributed by atoms with Gasteiger partial charge in [0.05, 0.1) is 16.2 Å². The van der Waals surface area contributed by atoms with Crippen molar-refractivity contribution in [3.8, 4) is 0 Å². The molecule has 3 rings (SSSR count). The summed E-state index contributed by atoms with van der Waals surface area (Å²) in [6.45, 7) is 0.575. The number of benzene rings is 1. The normalized spacial score (nSPS) is 18.3. The second kappa shape index (κ2) is 10.9. The number of fused-ring (bicyclic) bond motifs is 1. The van der Waals surface area contributed by atoms with Crippen LogP contribution in [0.5, 0.6) is 0 Å². The van der Waals surface area contributed by atoms with Gasteiger partial charge < -0.3 is 10.0 Å². The molecule has 166 valence electrons. The molecule has 6 nitrogen and oxygen atoms in total. The zero-order valence-electron chi connectivity index (χ0n) is 17.8. The number of thioether (sulfide) groups is 1. The minimum absolute atomic E-state index is 0.162. The number of anilines is 1. The standard InChI is InChI=1S/C23H28N2O4S2/c1-24-17-13-10-9-12-16(17)19(21(24)28)20-22(29)25(23(30)31-20)15-11-7-5-3-2-4-6-8-14-18(26)27/h9-10,12-13H,2-8,11,14-15H2,1H3,(H,26,27)/b20-19-. The van der Waals surface area contributed by atoms with Crippen LogP contribution in [0.4, 0.5) is 5.69 Å². The first-order chi connectivity index (χ1) is 14.9. The SMILES string of the molecule is CN1C(=O)/C(=C2\SC(=S)N(CCCCCCCCCCC(=O)O)C2=O)c2ccccc21. The molecule has 2 heterocycles. The van der Waals surface area contributed by atoms with Crippen molar-refractivity contribution in [3.63, 3.8) is 0 Å². The molecule has 0 aliphatic carbocycles. The third-order valence-electron chi connectivity index (χ3n) is 5.65. The van der Waals surface area contributed by atoms with Gasteiger partial charge in [0.15, 0.2) is 0 Å². The quantitative estimate of drug-likeness (QED) is 0.290. The highest BCUT2D eigenvalue weighted by Crippen LogP contribution is 2.43. The molecule has 0 spiro atoms. The molecule has 0 saturated carbocycles. The molecule has 0 atom stereocenters. The summed E-state index contributed by atoms with van der Waals surface area (Å²) >= 11 is 6.67. The molecule has 1 aromatic rings. The van der Waals surface area contributed by atoms with E-state index in [9.17, 15) is 14.4 Å². The Kier molecular flexibility index (Phi) is 8.26. The average Bonchev–Trinajstić information content (AvgIpc) is 3.16. The zero-order chi connectivity index (χ0) is 22.4. The van der Waals surface area contributed by atoms with E-state index in [4.69, 9.17) is 17.3 Å². The largest absolute Gasteiger partial charge is 0.481 e. The minimum atomic E-state index is -0.722. The van der Waals surface area contributed by atoms with Crippen LogP contribution in [0.1, 0.15) is 63.4 Å². The summed E-state index contributed by atoms with van der Waals surface area (Å²) < 4.78 is 0.519. The fourth-order valence-electron chi connectivity index (χ4n) is 3.94. The number of nitrogens with zero attached hydrogens (tertiary/aromatic N) is 2. The van der Waals surface area contributed by atoms with E-state index in [1.54, 1.807) is 16.8 Å². The molecular formula is C23H28N2O4S2. The number of rotatable bonds is 11. The summed E-state index contributed by atoms with van der Waals surface area (Å²) in [6.07, 6.45) is 8.26. The number of likely N-dealkylation sites (N-methyl/N-ethyl adjacent to an activating group) is 1. The number of aliphatic carboxylic acids is 1. The number of carboxylic acid groups (broad SMARTS) is 1. The van der Waals surface area contributed by atoms with Gasteiger partial charge in [-0.15, -0.1) is 0 Å². The minimum Gasteiger partial charge on any atom is -0.481 e. The monoisotopic (exact) mass is 460 g/mol. The Morgan fingerprint density at radius 2 is 1.58 bits per heavy atom. The lowest BCUT2D eigenvalue weighted by molar-refractivity contribution is -0.137. The predicted molar refractivity (Wildman–Crippen MR) is 128 cm³/mol. The van der Waals surface area contributed by atoms with E-state index in [1.807, 2.05) is 24.3 Å². The van der Waals surface area contributed by atoms with E-state index in [2.05, 4.69) is 0 Å². The molecule has 0 bridgehead atoms. The van der Waals surface area contributed by atoms with Gasteiger partial charge in [0, 0.05) is 25.6 Å². The third-order valence-corrected chi connectivity index (χ3v) is 7.10. The van der Waals surface area contributed by atoms with E-state index in [-0.39, 0.29) is 18.2 Å². The maximum atomic E-state index is 13.0. The Morgan fingerprint density at radius 1 is 0.968 bits per heavy atom. The summed E-state index contributed by atoms with van der Waals surface area (Å²) in [4.78, 5) is 39.9. The van der Waals surface area contributed by atoms with E-state index in [0.717, 1.165) is 62.6 Å². The lowest BCUT2D eigenvalue weighted by Gasteiger charge is -2.14. The number of carbonyl (C=O) groups excluding carboxylic acids is 2. The molecule has 2 aliphatic heterocycles. The summed E-state index contributed by atoms with van der Waals surface area (Å²) in [5.74, 6) is -1.05. The number of hydrogen-bond donors (Lipinski definition) is 1. The summed E-state index contributed by atoms with van der Waals surface area (Å²) in [5.41, 5.74) is 2.07. The molecule has 31 heavy (non-hydrogen) atoms. The van der Waals surface area contributed by atoms with E-state index >= 15 is 0 Å². The van der Waals surface area contributed by atoms with Crippen molar-refractivity contribution >= 4 is 57.3 Å². The van der Waals surface area contributed by atoms with Crippen LogP contribution in [0.25, 0.3) is 5.57 Å². The van der Waals surface area contributed by atoms with Gasteiger partial charge in [-0.05, 0) is 18.9 Å². The zero-order valence-corrected chi connectivity index (χ0v) is 19.4. The molecule has 1 saturated heterocycles. The number of amides is 2. The van der Waals surface area contributed by atoms with Crippen LogP contribution in [0.15, 0.2) is 29.2 Å². The van der Waals surface area contributed by atoms with Crippen molar-refractivity contribution in [2.24, 2.45) is 0 Å². The van der Waals surface area contributed by atoms with Crippen LogP contribution in [0, 0.1) is 0 Å². The second-order valence-electron chi connectivity index (χ2n) is 7.88. The van der Waals surface area contributed by atoms with E-state index in [1.165, 1.54) is 11.8 Å². The highest BCUT2D eigenvalue weighted by Gasteiger charge is 2.40. The topological polar surface area (TPSA) is 77.9 Å². The van der Waals surface area contributed by atoms with Crippen LogP contribution < -0.4 is 4.90 Å². The van der Waals surface area contributed by atoms with Gasteiger partial charge in [-0.1, -0.05) is 80.7 Å². The molecule has 1 N–H and O–H groups in total. The molecule has 1 aromatic carbocycles. The van der Waals surface area contributed by atoms with Gasteiger partial charge >= 0.3 is 5.97 Å². The molecule has 8 heteroatoms. The summed E-state index contributed by atoms with van der Waals surface area (Å²) in [6, 6.07) is 7.51. The van der Waals surface area contributed by atoms with Crippen LogP contribution in [0.2, 0.25) is 0 Å². The fraction of sp³-hybridized carbons (Fsp3) is 0.478.